The lowest BCUT2D eigenvalue weighted by Gasteiger charge is -2.40. The van der Waals surface area contributed by atoms with Crippen LogP contribution < -0.4 is 0 Å². The first-order valence-corrected chi connectivity index (χ1v) is 7.28. The second-order valence-electron chi connectivity index (χ2n) is 5.50. The molecule has 0 aromatic heterocycles. The summed E-state index contributed by atoms with van der Waals surface area (Å²) in [6.45, 7) is 0.220. The first-order chi connectivity index (χ1) is 11.1. The molecule has 1 spiro atoms. The number of ketones is 1. The van der Waals surface area contributed by atoms with E-state index in [1.54, 1.807) is 12.1 Å². The number of cyclic esters (lactones) is 1. The fraction of sp³-hybridized carbons (Fsp3) is 0.353. The minimum atomic E-state index is -1.45. The van der Waals surface area contributed by atoms with Crippen LogP contribution in [-0.2, 0) is 28.6 Å². The molecule has 6 nitrogen and oxygen atoms in total. The number of hydrogen-bond acceptors (Lipinski definition) is 6. The lowest BCUT2D eigenvalue weighted by Crippen LogP contribution is -2.53. The van der Waals surface area contributed by atoms with Gasteiger partial charge in [-0.15, -0.1) is 0 Å². The molecule has 0 amide bonds. The average molecular weight is 316 g/mol. The maximum absolute atomic E-state index is 12.6. The van der Waals surface area contributed by atoms with E-state index in [9.17, 15) is 14.4 Å². The highest BCUT2D eigenvalue weighted by Crippen LogP contribution is 2.46. The third kappa shape index (κ3) is 2.45. The summed E-state index contributed by atoms with van der Waals surface area (Å²) in [6, 6.07) is 9.06. The molecular formula is C17H16O6. The highest BCUT2D eigenvalue weighted by atomic mass is 16.6. The highest BCUT2D eigenvalue weighted by Gasteiger charge is 2.57. The van der Waals surface area contributed by atoms with Gasteiger partial charge < -0.3 is 14.2 Å². The molecule has 23 heavy (non-hydrogen) atoms. The molecule has 1 aromatic rings. The highest BCUT2D eigenvalue weighted by molar-refractivity contribution is 6.08. The van der Waals surface area contributed by atoms with Crippen molar-refractivity contribution in [1.82, 2.24) is 0 Å². The molecule has 0 aliphatic carbocycles. The van der Waals surface area contributed by atoms with Gasteiger partial charge in [0.2, 0.25) is 5.76 Å². The summed E-state index contributed by atoms with van der Waals surface area (Å²) in [5.41, 5.74) is -0.707. The van der Waals surface area contributed by atoms with E-state index in [0.717, 1.165) is 5.56 Å². The molecule has 0 unspecified atom stereocenters. The van der Waals surface area contributed by atoms with E-state index in [-0.39, 0.29) is 31.2 Å². The van der Waals surface area contributed by atoms with Crippen LogP contribution in [0.15, 0.2) is 42.2 Å². The van der Waals surface area contributed by atoms with E-state index in [0.29, 0.717) is 0 Å². The molecule has 2 aliphatic heterocycles. The standard InChI is InChI=1S/C17H16O6/c1-21-15(19)13-9-12(11-5-3-2-4-6-11)17(16(20)23-13)10-22-8-7-14(17)18/h2-6,9,12H,7-8,10H2,1H3/t12-,17+/m1/s1. The molecule has 2 aliphatic rings. The van der Waals surface area contributed by atoms with Crippen molar-refractivity contribution in [3.05, 3.63) is 47.7 Å². The molecule has 0 radical (unpaired) electrons. The normalized spacial score (nSPS) is 27.3. The summed E-state index contributed by atoms with van der Waals surface area (Å²) in [4.78, 5) is 37.0. The van der Waals surface area contributed by atoms with Gasteiger partial charge in [-0.2, -0.15) is 0 Å². The number of hydrogen-bond donors (Lipinski definition) is 0. The van der Waals surface area contributed by atoms with Gasteiger partial charge >= 0.3 is 11.9 Å². The third-order valence-electron chi connectivity index (χ3n) is 4.26. The second kappa shape index (κ2) is 5.96. The Bertz CT molecular complexity index is 678. The number of esters is 2. The number of rotatable bonds is 2. The lowest BCUT2D eigenvalue weighted by molar-refractivity contribution is -0.173. The maximum Gasteiger partial charge on any atom is 0.373 e. The van der Waals surface area contributed by atoms with Gasteiger partial charge in [0.1, 0.15) is 0 Å². The van der Waals surface area contributed by atoms with Crippen molar-refractivity contribution in [2.75, 3.05) is 20.3 Å². The van der Waals surface area contributed by atoms with Crippen LogP contribution in [0.25, 0.3) is 0 Å². The molecule has 120 valence electrons. The van der Waals surface area contributed by atoms with Crippen LogP contribution >= 0.6 is 0 Å². The second-order valence-corrected chi connectivity index (χ2v) is 5.50. The molecule has 0 N–H and O–H groups in total. The van der Waals surface area contributed by atoms with Crippen molar-refractivity contribution >= 4 is 17.7 Å². The average Bonchev–Trinajstić information content (AvgIpc) is 2.59. The monoisotopic (exact) mass is 316 g/mol. The summed E-state index contributed by atoms with van der Waals surface area (Å²) < 4.78 is 15.1. The molecule has 3 rings (SSSR count). The van der Waals surface area contributed by atoms with Crippen molar-refractivity contribution in [2.24, 2.45) is 5.41 Å². The van der Waals surface area contributed by atoms with E-state index in [4.69, 9.17) is 9.47 Å². The minimum Gasteiger partial charge on any atom is -0.463 e. The molecule has 2 atom stereocenters. The Morgan fingerprint density at radius 2 is 2.00 bits per heavy atom. The number of methoxy groups -OCH3 is 1. The molecule has 0 bridgehead atoms. The maximum atomic E-state index is 12.6. The summed E-state index contributed by atoms with van der Waals surface area (Å²) in [5.74, 6) is -2.58. The third-order valence-corrected chi connectivity index (χ3v) is 4.26. The van der Waals surface area contributed by atoms with Gasteiger partial charge in [-0.3, -0.25) is 9.59 Å². The summed E-state index contributed by atoms with van der Waals surface area (Å²) in [5, 5.41) is 0. The zero-order valence-electron chi connectivity index (χ0n) is 12.6. The van der Waals surface area contributed by atoms with Gasteiger partial charge in [-0.25, -0.2) is 4.79 Å². The minimum absolute atomic E-state index is 0.0603. The fourth-order valence-electron chi connectivity index (χ4n) is 3.03. The Kier molecular flexibility index (Phi) is 4.00. The predicted molar refractivity (Wildman–Crippen MR) is 78.3 cm³/mol. The van der Waals surface area contributed by atoms with E-state index >= 15 is 0 Å². The van der Waals surface area contributed by atoms with Gasteiger partial charge in [0.05, 0.1) is 20.3 Å². The Morgan fingerprint density at radius 1 is 1.26 bits per heavy atom. The largest absolute Gasteiger partial charge is 0.463 e. The number of ether oxygens (including phenoxy) is 3. The van der Waals surface area contributed by atoms with Crippen molar-refractivity contribution in [1.29, 1.82) is 0 Å². The van der Waals surface area contributed by atoms with E-state index in [2.05, 4.69) is 4.74 Å². The van der Waals surface area contributed by atoms with Crippen molar-refractivity contribution in [3.63, 3.8) is 0 Å². The van der Waals surface area contributed by atoms with Crippen molar-refractivity contribution < 1.29 is 28.6 Å². The van der Waals surface area contributed by atoms with Gasteiger partial charge in [-0.05, 0) is 11.6 Å². The number of carbonyl (C=O) groups is 3. The number of benzene rings is 1. The van der Waals surface area contributed by atoms with E-state index in [1.807, 2.05) is 18.2 Å². The van der Waals surface area contributed by atoms with E-state index in [1.165, 1.54) is 13.2 Å². The molecule has 1 fully saturated rings. The van der Waals surface area contributed by atoms with Crippen LogP contribution in [0.3, 0.4) is 0 Å². The molecule has 6 heteroatoms. The Labute approximate surface area is 133 Å². The number of Topliss-reactive ketones (excluding diaryl/α,β-unsaturated/α-hetero) is 1. The zero-order valence-corrected chi connectivity index (χ0v) is 12.6. The van der Waals surface area contributed by atoms with Gasteiger partial charge in [0.15, 0.2) is 11.2 Å². The van der Waals surface area contributed by atoms with Gasteiger partial charge in [0, 0.05) is 12.3 Å². The van der Waals surface area contributed by atoms with E-state index < -0.39 is 23.3 Å². The molecule has 1 aromatic carbocycles. The van der Waals surface area contributed by atoms with Crippen LogP contribution in [0.1, 0.15) is 17.9 Å². The smallest absolute Gasteiger partial charge is 0.373 e. The van der Waals surface area contributed by atoms with Crippen LogP contribution in [0, 0.1) is 5.41 Å². The quantitative estimate of drug-likeness (QED) is 0.605. The summed E-state index contributed by atoms with van der Waals surface area (Å²) in [7, 11) is 1.20. The molecule has 1 saturated heterocycles. The Morgan fingerprint density at radius 3 is 2.65 bits per heavy atom. The summed E-state index contributed by atoms with van der Waals surface area (Å²) in [6.07, 6.45) is 1.62. The Hall–Kier alpha value is -2.47. The van der Waals surface area contributed by atoms with Crippen LogP contribution in [0.5, 0.6) is 0 Å². The van der Waals surface area contributed by atoms with Crippen molar-refractivity contribution in [3.8, 4) is 0 Å². The predicted octanol–water partition coefficient (Wildman–Crippen LogP) is 1.36. The number of allylic oxidation sites excluding steroid dienone is 1. The molecule has 0 saturated carbocycles. The fourth-order valence-corrected chi connectivity index (χ4v) is 3.03. The number of carbonyl (C=O) groups excluding carboxylic acids is 3. The molecule has 2 heterocycles. The zero-order chi connectivity index (χ0) is 16.4. The Balaban J connectivity index is 2.14. The van der Waals surface area contributed by atoms with Gasteiger partial charge in [-0.1, -0.05) is 30.3 Å². The van der Waals surface area contributed by atoms with Crippen LogP contribution in [0.2, 0.25) is 0 Å². The van der Waals surface area contributed by atoms with Crippen molar-refractivity contribution in [2.45, 2.75) is 12.3 Å². The first-order valence-electron chi connectivity index (χ1n) is 7.28. The SMILES string of the molecule is COC(=O)C1=C[C@H](c2ccccc2)[C@]2(COCCC2=O)C(=O)O1. The topological polar surface area (TPSA) is 78.9 Å². The molecular weight excluding hydrogens is 300 g/mol. The lowest BCUT2D eigenvalue weighted by atomic mass is 9.66. The van der Waals surface area contributed by atoms with Crippen LogP contribution in [0.4, 0.5) is 0 Å². The summed E-state index contributed by atoms with van der Waals surface area (Å²) >= 11 is 0. The first kappa shape index (κ1) is 15.4. The van der Waals surface area contributed by atoms with Crippen LogP contribution in [-0.4, -0.2) is 38.0 Å². The van der Waals surface area contributed by atoms with Gasteiger partial charge in [0.25, 0.3) is 0 Å².